The molecule has 2 rings (SSSR count). The molecule has 1 aromatic rings. The lowest BCUT2D eigenvalue weighted by Crippen LogP contribution is -2.43. The fourth-order valence-corrected chi connectivity index (χ4v) is 2.47. The van der Waals surface area contributed by atoms with Gasteiger partial charge in [0.05, 0.1) is 0 Å². The van der Waals surface area contributed by atoms with Gasteiger partial charge in [0.1, 0.15) is 18.2 Å². The standard InChI is InChI=1S/C17H24N2O4/c1-17(2,3)23-15(20)14-9-13(18)10-19(14)16(21)22-11-12-7-5-4-6-8-12/h4-8,13-14H,9-11,18H2,1-3H3/t13-,14-/m0/s1. The molecule has 0 spiro atoms. The molecule has 0 unspecified atom stereocenters. The van der Waals surface area contributed by atoms with Gasteiger partial charge in [0, 0.05) is 12.6 Å². The van der Waals surface area contributed by atoms with Crippen molar-refractivity contribution in [1.82, 2.24) is 4.90 Å². The summed E-state index contributed by atoms with van der Waals surface area (Å²) in [6.07, 6.45) is -0.160. The predicted octanol–water partition coefficient (Wildman–Crippen LogP) is 2.07. The number of hydrogen-bond acceptors (Lipinski definition) is 5. The molecule has 0 saturated carbocycles. The van der Waals surface area contributed by atoms with Crippen LogP contribution in [0, 0.1) is 0 Å². The maximum absolute atomic E-state index is 12.3. The topological polar surface area (TPSA) is 81.9 Å². The van der Waals surface area contributed by atoms with Gasteiger partial charge in [-0.05, 0) is 32.8 Å². The van der Waals surface area contributed by atoms with Crippen molar-refractivity contribution in [3.63, 3.8) is 0 Å². The summed E-state index contributed by atoms with van der Waals surface area (Å²) < 4.78 is 10.7. The lowest BCUT2D eigenvalue weighted by Gasteiger charge is -2.26. The highest BCUT2D eigenvalue weighted by Gasteiger charge is 2.41. The molecule has 0 aromatic heterocycles. The molecule has 2 N–H and O–H groups in total. The molecule has 1 aliphatic heterocycles. The van der Waals surface area contributed by atoms with Crippen molar-refractivity contribution >= 4 is 12.1 Å². The van der Waals surface area contributed by atoms with E-state index in [-0.39, 0.29) is 19.2 Å². The number of carbonyl (C=O) groups excluding carboxylic acids is 2. The van der Waals surface area contributed by atoms with Gasteiger partial charge in [0.15, 0.2) is 0 Å². The van der Waals surface area contributed by atoms with Crippen LogP contribution in [-0.2, 0) is 20.9 Å². The minimum Gasteiger partial charge on any atom is -0.458 e. The molecule has 1 amide bonds. The summed E-state index contributed by atoms with van der Waals surface area (Å²) in [6.45, 7) is 5.82. The second-order valence-electron chi connectivity index (χ2n) is 6.74. The van der Waals surface area contributed by atoms with Crippen LogP contribution < -0.4 is 5.73 Å². The van der Waals surface area contributed by atoms with Gasteiger partial charge in [0.2, 0.25) is 0 Å². The van der Waals surface area contributed by atoms with Gasteiger partial charge in [-0.1, -0.05) is 30.3 Å². The monoisotopic (exact) mass is 320 g/mol. The number of benzene rings is 1. The summed E-state index contributed by atoms with van der Waals surface area (Å²) in [5, 5.41) is 0. The third kappa shape index (κ3) is 4.96. The first kappa shape index (κ1) is 17.3. The summed E-state index contributed by atoms with van der Waals surface area (Å²) in [6, 6.07) is 8.44. The molecule has 23 heavy (non-hydrogen) atoms. The highest BCUT2D eigenvalue weighted by molar-refractivity contribution is 5.82. The second kappa shape index (κ2) is 7.00. The Kier molecular flexibility index (Phi) is 5.26. The molecule has 1 heterocycles. The molecule has 6 nitrogen and oxygen atoms in total. The summed E-state index contributed by atoms with van der Waals surface area (Å²) in [7, 11) is 0. The van der Waals surface area contributed by atoms with Gasteiger partial charge < -0.3 is 15.2 Å². The molecule has 126 valence electrons. The van der Waals surface area contributed by atoms with Crippen molar-refractivity contribution in [1.29, 1.82) is 0 Å². The van der Waals surface area contributed by atoms with E-state index in [4.69, 9.17) is 15.2 Å². The Morgan fingerprint density at radius 1 is 1.26 bits per heavy atom. The summed E-state index contributed by atoms with van der Waals surface area (Å²) in [5.74, 6) is -0.442. The Hall–Kier alpha value is -2.08. The molecule has 2 atom stereocenters. The number of amides is 1. The number of nitrogens with zero attached hydrogens (tertiary/aromatic N) is 1. The Balaban J connectivity index is 1.98. The first-order chi connectivity index (χ1) is 10.8. The lowest BCUT2D eigenvalue weighted by atomic mass is 10.1. The maximum atomic E-state index is 12.3. The summed E-state index contributed by atoms with van der Waals surface area (Å²) in [4.78, 5) is 25.9. The Morgan fingerprint density at radius 3 is 2.52 bits per heavy atom. The van der Waals surface area contributed by atoms with Gasteiger partial charge >= 0.3 is 12.1 Å². The predicted molar refractivity (Wildman–Crippen MR) is 85.6 cm³/mol. The first-order valence-electron chi connectivity index (χ1n) is 7.72. The van der Waals surface area contributed by atoms with Crippen LogP contribution in [0.25, 0.3) is 0 Å². The number of ether oxygens (including phenoxy) is 2. The van der Waals surface area contributed by atoms with Crippen LogP contribution in [0.4, 0.5) is 4.79 Å². The SMILES string of the molecule is CC(C)(C)OC(=O)[C@@H]1C[C@H](N)CN1C(=O)OCc1ccccc1. The normalized spacial score (nSPS) is 21.1. The minimum absolute atomic E-state index is 0.159. The van der Waals surface area contributed by atoms with E-state index in [1.165, 1.54) is 4.90 Å². The van der Waals surface area contributed by atoms with Crippen molar-refractivity contribution in [2.75, 3.05) is 6.54 Å². The average molecular weight is 320 g/mol. The van der Waals surface area contributed by atoms with Crippen LogP contribution in [0.3, 0.4) is 0 Å². The Morgan fingerprint density at radius 2 is 1.91 bits per heavy atom. The zero-order chi connectivity index (χ0) is 17.0. The van der Waals surface area contributed by atoms with Crippen LogP contribution in [-0.4, -0.2) is 41.2 Å². The van der Waals surface area contributed by atoms with E-state index in [2.05, 4.69) is 0 Å². The van der Waals surface area contributed by atoms with Crippen LogP contribution in [0.2, 0.25) is 0 Å². The van der Waals surface area contributed by atoms with Crippen LogP contribution in [0.1, 0.15) is 32.8 Å². The highest BCUT2D eigenvalue weighted by atomic mass is 16.6. The second-order valence-corrected chi connectivity index (χ2v) is 6.74. The molecular weight excluding hydrogens is 296 g/mol. The lowest BCUT2D eigenvalue weighted by molar-refractivity contribution is -0.159. The van der Waals surface area contributed by atoms with Crippen molar-refractivity contribution < 1.29 is 19.1 Å². The number of rotatable bonds is 3. The number of likely N-dealkylation sites (tertiary alicyclic amines) is 1. The zero-order valence-corrected chi connectivity index (χ0v) is 13.8. The van der Waals surface area contributed by atoms with Gasteiger partial charge in [-0.15, -0.1) is 0 Å². The Bertz CT molecular complexity index is 553. The highest BCUT2D eigenvalue weighted by Crippen LogP contribution is 2.22. The minimum atomic E-state index is -0.688. The third-order valence-corrected chi connectivity index (χ3v) is 3.45. The van der Waals surface area contributed by atoms with Crippen molar-refractivity contribution in [3.8, 4) is 0 Å². The number of carbonyl (C=O) groups is 2. The quantitative estimate of drug-likeness (QED) is 0.862. The molecule has 1 aliphatic rings. The molecule has 1 aromatic carbocycles. The van der Waals surface area contributed by atoms with Crippen molar-refractivity contribution in [3.05, 3.63) is 35.9 Å². The fraction of sp³-hybridized carbons (Fsp3) is 0.529. The van der Waals surface area contributed by atoms with E-state index < -0.39 is 23.7 Å². The average Bonchev–Trinajstić information content (AvgIpc) is 2.86. The van der Waals surface area contributed by atoms with Gasteiger partial charge in [-0.3, -0.25) is 4.90 Å². The number of hydrogen-bond donors (Lipinski definition) is 1. The molecule has 1 saturated heterocycles. The van der Waals surface area contributed by atoms with E-state index in [0.29, 0.717) is 6.42 Å². The fourth-order valence-electron chi connectivity index (χ4n) is 2.47. The van der Waals surface area contributed by atoms with E-state index in [0.717, 1.165) is 5.56 Å². The first-order valence-corrected chi connectivity index (χ1v) is 7.72. The molecule has 0 radical (unpaired) electrons. The van der Waals surface area contributed by atoms with Gasteiger partial charge in [0.25, 0.3) is 0 Å². The smallest absolute Gasteiger partial charge is 0.410 e. The van der Waals surface area contributed by atoms with Crippen molar-refractivity contribution in [2.24, 2.45) is 5.73 Å². The van der Waals surface area contributed by atoms with E-state index in [1.807, 2.05) is 30.3 Å². The third-order valence-electron chi connectivity index (χ3n) is 3.45. The molecule has 1 fully saturated rings. The number of esters is 1. The summed E-state index contributed by atoms with van der Waals surface area (Å²) in [5.41, 5.74) is 6.18. The zero-order valence-electron chi connectivity index (χ0n) is 13.8. The molecule has 0 aliphatic carbocycles. The van der Waals surface area contributed by atoms with Gasteiger partial charge in [-0.25, -0.2) is 9.59 Å². The Labute approximate surface area is 136 Å². The summed E-state index contributed by atoms with van der Waals surface area (Å²) >= 11 is 0. The van der Waals surface area contributed by atoms with Crippen LogP contribution >= 0.6 is 0 Å². The van der Waals surface area contributed by atoms with Gasteiger partial charge in [-0.2, -0.15) is 0 Å². The molecule has 6 heteroatoms. The van der Waals surface area contributed by atoms with E-state index in [9.17, 15) is 9.59 Å². The van der Waals surface area contributed by atoms with E-state index >= 15 is 0 Å². The van der Waals surface area contributed by atoms with Crippen molar-refractivity contribution in [2.45, 2.75) is 51.5 Å². The maximum Gasteiger partial charge on any atom is 0.410 e. The van der Waals surface area contributed by atoms with E-state index in [1.54, 1.807) is 20.8 Å². The molecular formula is C17H24N2O4. The largest absolute Gasteiger partial charge is 0.458 e. The van der Waals surface area contributed by atoms with Crippen LogP contribution in [0.15, 0.2) is 30.3 Å². The number of nitrogens with two attached hydrogens (primary N) is 1. The molecule has 0 bridgehead atoms. The van der Waals surface area contributed by atoms with Crippen LogP contribution in [0.5, 0.6) is 0 Å².